The van der Waals surface area contributed by atoms with E-state index >= 15 is 0 Å². The molecule has 2 heterocycles. The highest BCUT2D eigenvalue weighted by molar-refractivity contribution is 5.98. The SMILES string of the molecule is NC(=O)O[C@]1(C2CCC2)CCCC[C@@H]1n1cnc(C(=O)N2CCNC[C@H]2Cc2ccccc2)c1-c1ccccc1. The average molecular weight is 542 g/mol. The van der Waals surface area contributed by atoms with Crippen molar-refractivity contribution in [3.05, 3.63) is 78.2 Å². The molecule has 2 amide bonds. The summed E-state index contributed by atoms with van der Waals surface area (Å²) in [5, 5.41) is 3.47. The lowest BCUT2D eigenvalue weighted by Gasteiger charge is -2.51. The summed E-state index contributed by atoms with van der Waals surface area (Å²) >= 11 is 0. The molecule has 0 unspecified atom stereocenters. The van der Waals surface area contributed by atoms with E-state index in [0.29, 0.717) is 12.2 Å². The third kappa shape index (κ3) is 5.01. The standard InChI is InChI=1S/C32H39N5O3/c33-31(39)40-32(25-14-9-15-25)17-8-7-16-27(32)37-22-35-28(29(37)24-12-5-2-6-13-24)30(38)36-19-18-34-21-26(36)20-23-10-3-1-4-11-23/h1-6,10-13,22,25-27,34H,7-9,14-21H2,(H2,33,39)/t26-,27+,32+/m1/s1. The predicted molar refractivity (Wildman–Crippen MR) is 154 cm³/mol. The molecule has 2 aromatic carbocycles. The lowest BCUT2D eigenvalue weighted by molar-refractivity contribution is -0.113. The molecular weight excluding hydrogens is 502 g/mol. The number of hydrogen-bond acceptors (Lipinski definition) is 5. The molecule has 1 saturated heterocycles. The Morgan fingerprint density at radius 1 is 1.00 bits per heavy atom. The fourth-order valence-corrected chi connectivity index (χ4v) is 7.16. The highest BCUT2D eigenvalue weighted by atomic mass is 16.6. The monoisotopic (exact) mass is 541 g/mol. The van der Waals surface area contributed by atoms with Gasteiger partial charge in [0.25, 0.3) is 5.91 Å². The van der Waals surface area contributed by atoms with Crippen molar-refractivity contribution in [2.45, 2.75) is 69.1 Å². The van der Waals surface area contributed by atoms with Crippen molar-refractivity contribution < 1.29 is 14.3 Å². The van der Waals surface area contributed by atoms with Crippen LogP contribution in [0.25, 0.3) is 11.3 Å². The van der Waals surface area contributed by atoms with Gasteiger partial charge in [-0.1, -0.05) is 73.5 Å². The number of imidazole rings is 1. The number of nitrogens with zero attached hydrogens (tertiary/aromatic N) is 3. The first-order valence-corrected chi connectivity index (χ1v) is 14.7. The van der Waals surface area contributed by atoms with Crippen molar-refractivity contribution in [3.8, 4) is 11.3 Å². The molecule has 0 bridgehead atoms. The number of nitrogens with one attached hydrogen (secondary N) is 1. The lowest BCUT2D eigenvalue weighted by atomic mass is 9.64. The van der Waals surface area contributed by atoms with Crippen LogP contribution in [0.3, 0.4) is 0 Å². The number of carbonyl (C=O) groups excluding carboxylic acids is 2. The Kier molecular flexibility index (Phi) is 7.61. The number of benzene rings is 2. The van der Waals surface area contributed by atoms with Gasteiger partial charge in [-0.05, 0) is 44.1 Å². The number of amides is 2. The van der Waals surface area contributed by atoms with Crippen molar-refractivity contribution >= 4 is 12.0 Å². The second-order valence-corrected chi connectivity index (χ2v) is 11.5. The van der Waals surface area contributed by atoms with Gasteiger partial charge in [0.1, 0.15) is 5.60 Å². The summed E-state index contributed by atoms with van der Waals surface area (Å²) in [6, 6.07) is 20.2. The third-order valence-corrected chi connectivity index (χ3v) is 9.25. The highest BCUT2D eigenvalue weighted by Crippen LogP contribution is 2.52. The van der Waals surface area contributed by atoms with Crippen molar-refractivity contribution in [2.24, 2.45) is 11.7 Å². The van der Waals surface area contributed by atoms with Gasteiger partial charge < -0.3 is 25.3 Å². The second-order valence-electron chi connectivity index (χ2n) is 11.5. The molecule has 1 aromatic heterocycles. The van der Waals surface area contributed by atoms with Gasteiger partial charge in [-0.25, -0.2) is 9.78 Å². The molecule has 3 aromatic rings. The smallest absolute Gasteiger partial charge is 0.405 e. The van der Waals surface area contributed by atoms with Crippen LogP contribution in [-0.2, 0) is 11.2 Å². The molecule has 8 heteroatoms. The van der Waals surface area contributed by atoms with Crippen LogP contribution >= 0.6 is 0 Å². The zero-order valence-corrected chi connectivity index (χ0v) is 23.0. The Balaban J connectivity index is 1.41. The summed E-state index contributed by atoms with van der Waals surface area (Å²) < 4.78 is 8.23. The number of ether oxygens (including phenoxy) is 1. The molecule has 3 aliphatic rings. The Bertz CT molecular complexity index is 1320. The predicted octanol–water partition coefficient (Wildman–Crippen LogP) is 4.96. The molecule has 6 rings (SSSR count). The average Bonchev–Trinajstić information content (AvgIpc) is 3.38. The van der Waals surface area contributed by atoms with E-state index in [4.69, 9.17) is 15.5 Å². The van der Waals surface area contributed by atoms with Crippen LogP contribution in [0.15, 0.2) is 67.0 Å². The summed E-state index contributed by atoms with van der Waals surface area (Å²) in [5.74, 6) is 0.208. The zero-order valence-electron chi connectivity index (χ0n) is 23.0. The summed E-state index contributed by atoms with van der Waals surface area (Å²) in [7, 11) is 0. The summed E-state index contributed by atoms with van der Waals surface area (Å²) in [6.45, 7) is 2.11. The fourth-order valence-electron chi connectivity index (χ4n) is 7.16. The molecular formula is C32H39N5O3. The van der Waals surface area contributed by atoms with Crippen LogP contribution in [0.5, 0.6) is 0 Å². The van der Waals surface area contributed by atoms with Crippen LogP contribution in [-0.4, -0.2) is 57.7 Å². The first-order valence-electron chi connectivity index (χ1n) is 14.7. The first kappa shape index (κ1) is 26.6. The Morgan fingerprint density at radius 2 is 1.75 bits per heavy atom. The number of rotatable bonds is 7. The van der Waals surface area contributed by atoms with E-state index in [1.54, 1.807) is 6.33 Å². The number of hydrogen-bond donors (Lipinski definition) is 2. The molecule has 3 fully saturated rings. The Hall–Kier alpha value is -3.65. The third-order valence-electron chi connectivity index (χ3n) is 9.25. The molecule has 0 spiro atoms. The van der Waals surface area contributed by atoms with Gasteiger partial charge in [0, 0.05) is 37.2 Å². The van der Waals surface area contributed by atoms with Gasteiger partial charge >= 0.3 is 6.09 Å². The van der Waals surface area contributed by atoms with E-state index in [1.165, 1.54) is 5.56 Å². The van der Waals surface area contributed by atoms with E-state index < -0.39 is 11.7 Å². The molecule has 3 atom stereocenters. The van der Waals surface area contributed by atoms with Gasteiger partial charge in [-0.3, -0.25) is 4.79 Å². The van der Waals surface area contributed by atoms with Crippen LogP contribution in [0, 0.1) is 5.92 Å². The molecule has 8 nitrogen and oxygen atoms in total. The molecule has 1 aliphatic heterocycles. The van der Waals surface area contributed by atoms with Crippen LogP contribution < -0.4 is 11.1 Å². The quantitative estimate of drug-likeness (QED) is 0.440. The minimum absolute atomic E-state index is 0.0272. The highest BCUT2D eigenvalue weighted by Gasteiger charge is 2.53. The van der Waals surface area contributed by atoms with E-state index in [2.05, 4.69) is 22.0 Å². The number of aromatic nitrogens is 2. The number of carbonyl (C=O) groups is 2. The van der Waals surface area contributed by atoms with Crippen molar-refractivity contribution in [1.82, 2.24) is 19.8 Å². The number of primary amides is 1. The van der Waals surface area contributed by atoms with Gasteiger partial charge in [0.15, 0.2) is 5.69 Å². The summed E-state index contributed by atoms with van der Waals surface area (Å²) in [4.78, 5) is 33.4. The normalized spacial score (nSPS) is 25.2. The topological polar surface area (TPSA) is 102 Å². The van der Waals surface area contributed by atoms with Crippen LogP contribution in [0.4, 0.5) is 4.79 Å². The maximum Gasteiger partial charge on any atom is 0.405 e. The van der Waals surface area contributed by atoms with E-state index in [1.807, 2.05) is 53.4 Å². The van der Waals surface area contributed by atoms with Gasteiger partial charge in [0.05, 0.1) is 18.1 Å². The van der Waals surface area contributed by atoms with Gasteiger partial charge in [-0.15, -0.1) is 0 Å². The van der Waals surface area contributed by atoms with E-state index in [-0.39, 0.29) is 23.9 Å². The second kappa shape index (κ2) is 11.5. The molecule has 210 valence electrons. The largest absolute Gasteiger partial charge is 0.441 e. The lowest BCUT2D eigenvalue weighted by Crippen LogP contribution is -2.55. The maximum atomic E-state index is 14.3. The van der Waals surface area contributed by atoms with E-state index in [0.717, 1.165) is 75.7 Å². The maximum absolute atomic E-state index is 14.3. The molecule has 2 aliphatic carbocycles. The molecule has 0 radical (unpaired) electrons. The fraction of sp³-hybridized carbons (Fsp3) is 0.469. The minimum atomic E-state index is -0.721. The van der Waals surface area contributed by atoms with E-state index in [9.17, 15) is 9.59 Å². The van der Waals surface area contributed by atoms with Gasteiger partial charge in [0.2, 0.25) is 0 Å². The summed E-state index contributed by atoms with van der Waals surface area (Å²) in [6.07, 6.45) is 8.67. The molecule has 40 heavy (non-hydrogen) atoms. The van der Waals surface area contributed by atoms with Crippen LogP contribution in [0.1, 0.15) is 67.0 Å². The number of piperazine rings is 1. The Labute approximate surface area is 235 Å². The van der Waals surface area contributed by atoms with Gasteiger partial charge in [-0.2, -0.15) is 0 Å². The minimum Gasteiger partial charge on any atom is -0.441 e. The van der Waals surface area contributed by atoms with Crippen molar-refractivity contribution in [1.29, 1.82) is 0 Å². The first-order chi connectivity index (χ1) is 19.6. The summed E-state index contributed by atoms with van der Waals surface area (Å²) in [5.41, 5.74) is 8.41. The van der Waals surface area contributed by atoms with Crippen LogP contribution in [0.2, 0.25) is 0 Å². The Morgan fingerprint density at radius 3 is 2.45 bits per heavy atom. The van der Waals surface area contributed by atoms with Crippen molar-refractivity contribution in [3.63, 3.8) is 0 Å². The molecule has 2 saturated carbocycles. The van der Waals surface area contributed by atoms with Crippen molar-refractivity contribution in [2.75, 3.05) is 19.6 Å². The number of nitrogens with two attached hydrogens (primary N) is 1. The molecule has 3 N–H and O–H groups in total. The zero-order chi connectivity index (χ0) is 27.5.